The predicted molar refractivity (Wildman–Crippen MR) is 112 cm³/mol. The maximum absolute atomic E-state index is 12.8. The van der Waals surface area contributed by atoms with Crippen LogP contribution in [0.5, 0.6) is 11.5 Å². The Morgan fingerprint density at radius 2 is 1.94 bits per heavy atom. The fourth-order valence-electron chi connectivity index (χ4n) is 2.88. The zero-order chi connectivity index (χ0) is 22.4. The fraction of sp³-hybridized carbons (Fsp3) is 0.238. The molecule has 0 atom stereocenters. The van der Waals surface area contributed by atoms with Crippen LogP contribution in [-0.2, 0) is 17.5 Å². The zero-order valence-electron chi connectivity index (χ0n) is 16.8. The minimum Gasteiger partial charge on any atom is -0.493 e. The van der Waals surface area contributed by atoms with Gasteiger partial charge in [0.25, 0.3) is 0 Å². The van der Waals surface area contributed by atoms with Gasteiger partial charge in [0, 0.05) is 16.7 Å². The molecule has 0 saturated carbocycles. The Morgan fingerprint density at radius 3 is 2.65 bits per heavy atom. The lowest BCUT2D eigenvalue weighted by Gasteiger charge is -2.12. The molecule has 3 rings (SSSR count). The summed E-state index contributed by atoms with van der Waals surface area (Å²) in [6.07, 6.45) is -1.26. The number of carbonyl (C=O) groups is 1. The molecule has 0 fully saturated rings. The number of halogens is 3. The Morgan fingerprint density at radius 1 is 1.16 bits per heavy atom. The lowest BCUT2D eigenvalue weighted by atomic mass is 10.2. The predicted octanol–water partition coefficient (Wildman–Crippen LogP) is 4.70. The number of rotatable bonds is 8. The molecule has 0 saturated heterocycles. The Labute approximate surface area is 181 Å². The minimum absolute atomic E-state index is 0.0316. The number of anilines is 1. The second kappa shape index (κ2) is 9.78. The summed E-state index contributed by atoms with van der Waals surface area (Å²) in [4.78, 5) is 12.6. The van der Waals surface area contributed by atoms with Gasteiger partial charge in [0.15, 0.2) is 11.5 Å². The van der Waals surface area contributed by atoms with Gasteiger partial charge in [-0.15, -0.1) is 11.8 Å². The van der Waals surface area contributed by atoms with Crippen LogP contribution in [0.4, 0.5) is 18.9 Å². The van der Waals surface area contributed by atoms with Crippen molar-refractivity contribution >= 4 is 23.4 Å². The number of hydrogen-bond donors (Lipinski definition) is 1. The smallest absolute Gasteiger partial charge is 0.416 e. The van der Waals surface area contributed by atoms with Gasteiger partial charge in [-0.2, -0.15) is 18.3 Å². The number of thioether (sulfide) groups is 1. The van der Waals surface area contributed by atoms with Crippen molar-refractivity contribution in [3.8, 4) is 11.5 Å². The van der Waals surface area contributed by atoms with E-state index in [0.717, 1.165) is 29.5 Å². The van der Waals surface area contributed by atoms with Gasteiger partial charge in [-0.05, 0) is 24.3 Å². The standard InChI is InChI=1S/C21H20F3N3O3S/c1-29-18-8-3-5-14(20(18)30-2)11-27-12-16(10-25-27)26-19(28)13-31-17-7-4-6-15(9-17)21(22,23)24/h3-10,12H,11,13H2,1-2H3,(H,26,28). The number of methoxy groups -OCH3 is 2. The highest BCUT2D eigenvalue weighted by Gasteiger charge is 2.30. The molecular weight excluding hydrogens is 431 g/mol. The quantitative estimate of drug-likeness (QED) is 0.503. The first-order chi connectivity index (χ1) is 14.8. The van der Waals surface area contributed by atoms with Gasteiger partial charge in [0.2, 0.25) is 5.91 Å². The Hall–Kier alpha value is -3.14. The Kier molecular flexibility index (Phi) is 7.11. The third-order valence-corrected chi connectivity index (χ3v) is 5.26. The van der Waals surface area contributed by atoms with Crippen molar-refractivity contribution in [2.75, 3.05) is 25.3 Å². The summed E-state index contributed by atoms with van der Waals surface area (Å²) in [7, 11) is 3.11. The second-order valence-corrected chi connectivity index (χ2v) is 7.49. The van der Waals surface area contributed by atoms with E-state index < -0.39 is 11.7 Å². The average Bonchev–Trinajstić information content (AvgIpc) is 3.18. The molecular formula is C21H20F3N3O3S. The first-order valence-corrected chi connectivity index (χ1v) is 10.1. The van der Waals surface area contributed by atoms with Crippen molar-refractivity contribution < 1.29 is 27.4 Å². The molecule has 3 aromatic rings. The molecule has 1 heterocycles. The molecule has 0 bridgehead atoms. The lowest BCUT2D eigenvalue weighted by molar-refractivity contribution is -0.137. The zero-order valence-corrected chi connectivity index (χ0v) is 17.6. The van der Waals surface area contributed by atoms with Gasteiger partial charge < -0.3 is 14.8 Å². The molecule has 1 N–H and O–H groups in total. The Balaban J connectivity index is 1.58. The van der Waals surface area contributed by atoms with Crippen LogP contribution in [-0.4, -0.2) is 35.7 Å². The third-order valence-electron chi connectivity index (χ3n) is 4.27. The van der Waals surface area contributed by atoms with Crippen molar-refractivity contribution in [2.24, 2.45) is 0 Å². The molecule has 0 aliphatic heterocycles. The number of ether oxygens (including phenoxy) is 2. The van der Waals surface area contributed by atoms with Gasteiger partial charge in [-0.25, -0.2) is 0 Å². The number of nitrogens with zero attached hydrogens (tertiary/aromatic N) is 2. The number of alkyl halides is 3. The molecule has 0 aliphatic carbocycles. The Bertz CT molecular complexity index is 1050. The summed E-state index contributed by atoms with van der Waals surface area (Å²) >= 11 is 1.03. The first-order valence-electron chi connectivity index (χ1n) is 9.12. The topological polar surface area (TPSA) is 65.4 Å². The summed E-state index contributed by atoms with van der Waals surface area (Å²) in [6, 6.07) is 10.4. The molecule has 0 radical (unpaired) electrons. The van der Waals surface area contributed by atoms with Crippen LogP contribution >= 0.6 is 11.8 Å². The van der Waals surface area contributed by atoms with Crippen molar-refractivity contribution in [1.29, 1.82) is 0 Å². The van der Waals surface area contributed by atoms with Crippen LogP contribution in [0.1, 0.15) is 11.1 Å². The van der Waals surface area contributed by atoms with E-state index in [1.807, 2.05) is 12.1 Å². The number of benzene rings is 2. The highest BCUT2D eigenvalue weighted by molar-refractivity contribution is 8.00. The minimum atomic E-state index is -4.42. The first kappa shape index (κ1) is 22.5. The van der Waals surface area contributed by atoms with E-state index in [-0.39, 0.29) is 11.7 Å². The third kappa shape index (κ3) is 5.94. The van der Waals surface area contributed by atoms with Crippen LogP contribution in [0.15, 0.2) is 59.8 Å². The number of nitrogens with one attached hydrogen (secondary N) is 1. The van der Waals surface area contributed by atoms with E-state index in [2.05, 4.69) is 10.4 Å². The molecule has 2 aromatic carbocycles. The fourth-order valence-corrected chi connectivity index (χ4v) is 3.63. The highest BCUT2D eigenvalue weighted by atomic mass is 32.2. The number of aromatic nitrogens is 2. The van der Waals surface area contributed by atoms with E-state index in [1.165, 1.54) is 18.3 Å². The molecule has 1 amide bonds. The normalized spacial score (nSPS) is 11.3. The summed E-state index contributed by atoms with van der Waals surface area (Å²) in [5.74, 6) is 0.827. The molecule has 6 nitrogen and oxygen atoms in total. The van der Waals surface area contributed by atoms with Crippen LogP contribution in [0.3, 0.4) is 0 Å². The summed E-state index contributed by atoms with van der Waals surface area (Å²) in [5.41, 5.74) is 0.589. The summed E-state index contributed by atoms with van der Waals surface area (Å²) in [5, 5.41) is 6.92. The van der Waals surface area contributed by atoms with Crippen LogP contribution < -0.4 is 14.8 Å². The van der Waals surface area contributed by atoms with E-state index >= 15 is 0 Å². The summed E-state index contributed by atoms with van der Waals surface area (Å²) < 4.78 is 50.7. The molecule has 164 valence electrons. The van der Waals surface area contributed by atoms with Gasteiger partial charge in [0.1, 0.15) is 0 Å². The SMILES string of the molecule is COc1cccc(Cn2cc(NC(=O)CSc3cccc(C(F)(F)F)c3)cn2)c1OC. The molecule has 0 unspecified atom stereocenters. The van der Waals surface area contributed by atoms with Crippen LogP contribution in [0.2, 0.25) is 0 Å². The summed E-state index contributed by atoms with van der Waals surface area (Å²) in [6.45, 7) is 0.398. The second-order valence-electron chi connectivity index (χ2n) is 6.44. The number of carbonyl (C=O) groups excluding carboxylic acids is 1. The van der Waals surface area contributed by atoms with Crippen molar-refractivity contribution in [2.45, 2.75) is 17.6 Å². The maximum Gasteiger partial charge on any atom is 0.416 e. The monoisotopic (exact) mass is 451 g/mol. The maximum atomic E-state index is 12.8. The lowest BCUT2D eigenvalue weighted by Crippen LogP contribution is -2.13. The van der Waals surface area contributed by atoms with Gasteiger partial charge in [-0.1, -0.05) is 18.2 Å². The van der Waals surface area contributed by atoms with E-state index in [4.69, 9.17) is 9.47 Å². The molecule has 10 heteroatoms. The molecule has 0 aliphatic rings. The molecule has 0 spiro atoms. The van der Waals surface area contributed by atoms with Crippen LogP contribution in [0.25, 0.3) is 0 Å². The highest BCUT2D eigenvalue weighted by Crippen LogP contribution is 2.32. The van der Waals surface area contributed by atoms with Crippen molar-refractivity contribution in [1.82, 2.24) is 9.78 Å². The van der Waals surface area contributed by atoms with Gasteiger partial charge in [-0.3, -0.25) is 9.48 Å². The number of hydrogen-bond acceptors (Lipinski definition) is 5. The van der Waals surface area contributed by atoms with Crippen LogP contribution in [0, 0.1) is 0 Å². The van der Waals surface area contributed by atoms with E-state index in [9.17, 15) is 18.0 Å². The van der Waals surface area contributed by atoms with Crippen molar-refractivity contribution in [3.05, 3.63) is 66.0 Å². The number of amides is 1. The molecule has 1 aromatic heterocycles. The number of para-hydroxylation sites is 1. The largest absolute Gasteiger partial charge is 0.493 e. The van der Waals surface area contributed by atoms with Gasteiger partial charge in [0.05, 0.1) is 44.0 Å². The van der Waals surface area contributed by atoms with Gasteiger partial charge >= 0.3 is 6.18 Å². The molecule has 31 heavy (non-hydrogen) atoms. The average molecular weight is 451 g/mol. The van der Waals surface area contributed by atoms with E-state index in [1.54, 1.807) is 31.2 Å². The van der Waals surface area contributed by atoms with Crippen molar-refractivity contribution in [3.63, 3.8) is 0 Å². The van der Waals surface area contributed by atoms with E-state index in [0.29, 0.717) is 28.6 Å².